The molecule has 0 rings (SSSR count). The molecule has 1 unspecified atom stereocenters. The zero-order valence-electron chi connectivity index (χ0n) is 12.9. The van der Waals surface area contributed by atoms with Crippen molar-refractivity contribution in [2.75, 3.05) is 0 Å². The van der Waals surface area contributed by atoms with Gasteiger partial charge in [0.15, 0.2) is 0 Å². The molecule has 0 spiro atoms. The van der Waals surface area contributed by atoms with Crippen molar-refractivity contribution in [2.45, 2.75) is 77.2 Å². The molecule has 0 aromatic rings. The second-order valence-electron chi connectivity index (χ2n) is 5.34. The molecule has 0 radical (unpaired) electrons. The second-order valence-corrected chi connectivity index (χ2v) is 5.34. The summed E-state index contributed by atoms with van der Waals surface area (Å²) in [7, 11) is 0. The molecular weight excluding hydrogens is 250 g/mol. The summed E-state index contributed by atoms with van der Waals surface area (Å²) >= 11 is 0. The summed E-state index contributed by atoms with van der Waals surface area (Å²) in [5, 5.41) is 10.1. The summed E-state index contributed by atoms with van der Waals surface area (Å²) in [5.74, 6) is -0.235. The van der Waals surface area contributed by atoms with Crippen LogP contribution < -0.4 is 11.1 Å². The smallest absolute Gasteiger partial charge is 0.243 e. The van der Waals surface area contributed by atoms with Gasteiger partial charge in [0.1, 0.15) is 5.84 Å². The van der Waals surface area contributed by atoms with Crippen molar-refractivity contribution in [2.24, 2.45) is 5.73 Å². The van der Waals surface area contributed by atoms with Gasteiger partial charge in [-0.05, 0) is 12.5 Å². The summed E-state index contributed by atoms with van der Waals surface area (Å²) in [5.41, 5.74) is 5.48. The summed E-state index contributed by atoms with van der Waals surface area (Å²) in [4.78, 5) is 11.2. The maximum absolute atomic E-state index is 11.2. The van der Waals surface area contributed by atoms with Crippen LogP contribution in [0.2, 0.25) is 0 Å². The normalized spacial score (nSPS) is 11.8. The van der Waals surface area contributed by atoms with Crippen molar-refractivity contribution >= 4 is 11.7 Å². The highest BCUT2D eigenvalue weighted by Crippen LogP contribution is 2.11. The summed E-state index contributed by atoms with van der Waals surface area (Å²) in [6.45, 7) is 5.63. The van der Waals surface area contributed by atoms with Crippen LogP contribution in [0.4, 0.5) is 0 Å². The average Bonchev–Trinajstić information content (AvgIpc) is 2.43. The molecule has 4 nitrogen and oxygen atoms in total. The van der Waals surface area contributed by atoms with Gasteiger partial charge in [0, 0.05) is 0 Å². The zero-order valence-corrected chi connectivity index (χ0v) is 12.9. The first-order valence-corrected chi connectivity index (χ1v) is 7.88. The van der Waals surface area contributed by atoms with Crippen LogP contribution in [0.1, 0.15) is 71.1 Å². The number of amidine groups is 1. The molecule has 0 aromatic carbocycles. The summed E-state index contributed by atoms with van der Waals surface area (Å²) in [6.07, 6.45) is 13.3. The van der Waals surface area contributed by atoms with Crippen LogP contribution in [0.25, 0.3) is 0 Å². The number of nitrogens with two attached hydrogens (primary N) is 1. The Morgan fingerprint density at radius 2 is 1.65 bits per heavy atom. The second kappa shape index (κ2) is 12.7. The Bertz CT molecular complexity index is 289. The minimum Gasteiger partial charge on any atom is -0.386 e. The highest BCUT2D eigenvalue weighted by Gasteiger charge is 2.12. The monoisotopic (exact) mass is 281 g/mol. The standard InChI is InChI=1S/C16H31N3O/c1-3-5-6-7-8-9-10-11-12-13-14(16(17)18)19-15(20)4-2/h4,14H,2-3,5-13H2,1H3,(H3,17,18)(H,19,20). The predicted octanol–water partition coefficient (Wildman–Crippen LogP) is 3.51. The zero-order chi connectivity index (χ0) is 15.2. The lowest BCUT2D eigenvalue weighted by molar-refractivity contribution is -0.116. The maximum atomic E-state index is 11.2. The number of amides is 1. The van der Waals surface area contributed by atoms with Gasteiger partial charge in [0.05, 0.1) is 6.04 Å². The molecule has 116 valence electrons. The van der Waals surface area contributed by atoms with Gasteiger partial charge >= 0.3 is 0 Å². The van der Waals surface area contributed by atoms with Gasteiger partial charge in [-0.1, -0.05) is 71.3 Å². The molecule has 0 aliphatic rings. The molecule has 0 saturated heterocycles. The lowest BCUT2D eigenvalue weighted by atomic mass is 10.0. The molecule has 4 heteroatoms. The highest BCUT2D eigenvalue weighted by molar-refractivity contribution is 5.92. The van der Waals surface area contributed by atoms with Crippen molar-refractivity contribution in [3.05, 3.63) is 12.7 Å². The van der Waals surface area contributed by atoms with E-state index in [0.29, 0.717) is 0 Å². The van der Waals surface area contributed by atoms with E-state index in [0.717, 1.165) is 19.3 Å². The fourth-order valence-electron chi connectivity index (χ4n) is 2.20. The minimum absolute atomic E-state index is 0.0276. The highest BCUT2D eigenvalue weighted by atomic mass is 16.1. The van der Waals surface area contributed by atoms with Crippen LogP contribution in [-0.2, 0) is 4.79 Å². The van der Waals surface area contributed by atoms with Crippen molar-refractivity contribution in [3.63, 3.8) is 0 Å². The topological polar surface area (TPSA) is 79.0 Å². The molecule has 0 aromatic heterocycles. The number of unbranched alkanes of at least 4 members (excludes halogenated alkanes) is 8. The van der Waals surface area contributed by atoms with E-state index in [2.05, 4.69) is 18.8 Å². The Kier molecular flexibility index (Phi) is 11.9. The fourth-order valence-corrected chi connectivity index (χ4v) is 2.20. The van der Waals surface area contributed by atoms with Crippen molar-refractivity contribution < 1.29 is 4.79 Å². The van der Waals surface area contributed by atoms with E-state index < -0.39 is 0 Å². The van der Waals surface area contributed by atoms with E-state index in [1.54, 1.807) is 0 Å². The Balaban J connectivity index is 3.57. The van der Waals surface area contributed by atoms with E-state index in [-0.39, 0.29) is 17.8 Å². The molecule has 0 heterocycles. The van der Waals surface area contributed by atoms with E-state index in [4.69, 9.17) is 11.1 Å². The third-order valence-corrected chi connectivity index (χ3v) is 3.47. The average molecular weight is 281 g/mol. The van der Waals surface area contributed by atoms with Gasteiger partial charge in [0.2, 0.25) is 5.91 Å². The Morgan fingerprint density at radius 1 is 1.15 bits per heavy atom. The number of hydrogen-bond acceptors (Lipinski definition) is 2. The Labute approximate surface area is 123 Å². The summed E-state index contributed by atoms with van der Waals surface area (Å²) < 4.78 is 0. The molecule has 0 aliphatic carbocycles. The third kappa shape index (κ3) is 10.6. The fraction of sp³-hybridized carbons (Fsp3) is 0.750. The van der Waals surface area contributed by atoms with Crippen molar-refractivity contribution in [1.29, 1.82) is 5.41 Å². The van der Waals surface area contributed by atoms with Crippen LogP contribution >= 0.6 is 0 Å². The quantitative estimate of drug-likeness (QED) is 0.209. The molecule has 1 amide bonds. The van der Waals surface area contributed by atoms with Crippen molar-refractivity contribution in [3.8, 4) is 0 Å². The largest absolute Gasteiger partial charge is 0.386 e. The van der Waals surface area contributed by atoms with Crippen LogP contribution in [0.5, 0.6) is 0 Å². The number of rotatable bonds is 13. The first kappa shape index (κ1) is 18.7. The van der Waals surface area contributed by atoms with Gasteiger partial charge in [-0.2, -0.15) is 0 Å². The van der Waals surface area contributed by atoms with Gasteiger partial charge in [-0.3, -0.25) is 10.2 Å². The van der Waals surface area contributed by atoms with Gasteiger partial charge in [-0.15, -0.1) is 0 Å². The third-order valence-electron chi connectivity index (χ3n) is 3.47. The molecule has 0 saturated carbocycles. The molecule has 0 fully saturated rings. The van der Waals surface area contributed by atoms with E-state index >= 15 is 0 Å². The van der Waals surface area contributed by atoms with Gasteiger partial charge in [-0.25, -0.2) is 0 Å². The molecular formula is C16H31N3O. The van der Waals surface area contributed by atoms with Crippen LogP contribution in [0, 0.1) is 5.41 Å². The van der Waals surface area contributed by atoms with Crippen molar-refractivity contribution in [1.82, 2.24) is 5.32 Å². The lowest BCUT2D eigenvalue weighted by Crippen LogP contribution is -2.43. The SMILES string of the molecule is C=CC(=O)NC(CCCCCCCCCCC)C(=N)N. The number of carbonyl (C=O) groups is 1. The van der Waals surface area contributed by atoms with Crippen LogP contribution in [0.3, 0.4) is 0 Å². The molecule has 20 heavy (non-hydrogen) atoms. The summed E-state index contributed by atoms with van der Waals surface area (Å²) in [6, 6.07) is -0.343. The number of hydrogen-bond donors (Lipinski definition) is 3. The first-order valence-electron chi connectivity index (χ1n) is 7.88. The van der Waals surface area contributed by atoms with E-state index in [1.807, 2.05) is 0 Å². The molecule has 0 bridgehead atoms. The first-order chi connectivity index (χ1) is 9.61. The van der Waals surface area contributed by atoms with Crippen LogP contribution in [0.15, 0.2) is 12.7 Å². The maximum Gasteiger partial charge on any atom is 0.243 e. The lowest BCUT2D eigenvalue weighted by Gasteiger charge is -2.16. The predicted molar refractivity (Wildman–Crippen MR) is 85.9 cm³/mol. The number of nitrogens with one attached hydrogen (secondary N) is 2. The molecule has 4 N–H and O–H groups in total. The van der Waals surface area contributed by atoms with E-state index in [1.165, 1.54) is 51.0 Å². The van der Waals surface area contributed by atoms with Crippen LogP contribution in [-0.4, -0.2) is 17.8 Å². The van der Waals surface area contributed by atoms with Gasteiger partial charge < -0.3 is 11.1 Å². The molecule has 1 atom stereocenters. The molecule has 0 aliphatic heterocycles. The Hall–Kier alpha value is -1.32. The van der Waals surface area contributed by atoms with E-state index in [9.17, 15) is 4.79 Å². The Morgan fingerprint density at radius 3 is 2.10 bits per heavy atom. The minimum atomic E-state index is -0.343. The van der Waals surface area contributed by atoms with Gasteiger partial charge in [0.25, 0.3) is 0 Å². The number of carbonyl (C=O) groups excluding carboxylic acids is 1.